The van der Waals surface area contributed by atoms with Crippen molar-refractivity contribution in [3.63, 3.8) is 0 Å². The van der Waals surface area contributed by atoms with E-state index in [4.69, 9.17) is 4.74 Å². The Balaban J connectivity index is 1.48. The summed E-state index contributed by atoms with van der Waals surface area (Å²) >= 11 is 0. The van der Waals surface area contributed by atoms with Gasteiger partial charge in [0.1, 0.15) is 0 Å². The topological polar surface area (TPSA) is 69.9 Å². The molecule has 0 spiro atoms. The number of rotatable bonds is 2. The minimum absolute atomic E-state index is 0.0630. The van der Waals surface area contributed by atoms with Gasteiger partial charge in [0.25, 0.3) is 0 Å². The second-order valence-corrected chi connectivity index (χ2v) is 15.4. The van der Waals surface area contributed by atoms with Gasteiger partial charge in [-0.2, -0.15) is 0 Å². The number of aliphatic hydroxyl groups excluding tert-OH is 2. The average Bonchev–Trinajstić information content (AvgIpc) is 3.30. The quantitative estimate of drug-likeness (QED) is 0.477. The van der Waals surface area contributed by atoms with E-state index in [-0.39, 0.29) is 51.5 Å². The van der Waals surface area contributed by atoms with Crippen LogP contribution in [0.1, 0.15) is 113 Å². The van der Waals surface area contributed by atoms with Crippen LogP contribution in [0, 0.1) is 45.3 Å². The van der Waals surface area contributed by atoms with Crippen molar-refractivity contribution in [1.29, 1.82) is 0 Å². The molecule has 3 N–H and O–H groups in total. The van der Waals surface area contributed by atoms with E-state index in [1.807, 2.05) is 13.8 Å². The van der Waals surface area contributed by atoms with Crippen LogP contribution in [-0.4, -0.2) is 44.8 Å². The molecule has 196 valence electrons. The van der Waals surface area contributed by atoms with Crippen LogP contribution in [0.5, 0.6) is 0 Å². The Kier molecular flexibility index (Phi) is 5.59. The van der Waals surface area contributed by atoms with Crippen molar-refractivity contribution in [2.24, 2.45) is 45.3 Å². The molecule has 0 aromatic heterocycles. The fourth-order valence-electron chi connectivity index (χ4n) is 11.1. The van der Waals surface area contributed by atoms with E-state index in [0.717, 1.165) is 44.9 Å². The SMILES string of the molecule is CC(C)(O)[C@@H]1CC[C@@](C)(C2CC[C@]3(C)C2[C@H](O)CC2C4(C)CCC(O)C(C)(C)[C@@H]4CCC23C)O1. The summed E-state index contributed by atoms with van der Waals surface area (Å²) in [6.45, 7) is 18.1. The van der Waals surface area contributed by atoms with E-state index < -0.39 is 5.60 Å². The molecule has 4 nitrogen and oxygen atoms in total. The molecule has 5 aliphatic rings. The molecule has 0 aromatic rings. The Morgan fingerprint density at radius 3 is 2.03 bits per heavy atom. The third-order valence-corrected chi connectivity index (χ3v) is 13.3. The monoisotopic (exact) mass is 476 g/mol. The third kappa shape index (κ3) is 3.16. The van der Waals surface area contributed by atoms with E-state index in [1.54, 1.807) is 0 Å². The van der Waals surface area contributed by atoms with Gasteiger partial charge in [-0.05, 0) is 124 Å². The van der Waals surface area contributed by atoms with E-state index in [9.17, 15) is 15.3 Å². The molecule has 5 fully saturated rings. The molecule has 11 atom stereocenters. The lowest BCUT2D eigenvalue weighted by Gasteiger charge is -2.70. The summed E-state index contributed by atoms with van der Waals surface area (Å²) in [5.41, 5.74) is -0.703. The van der Waals surface area contributed by atoms with Crippen LogP contribution in [0.2, 0.25) is 0 Å². The van der Waals surface area contributed by atoms with Crippen LogP contribution in [0.4, 0.5) is 0 Å². The molecular formula is C30H52O4. The molecule has 5 rings (SSSR count). The zero-order valence-corrected chi connectivity index (χ0v) is 23.2. The highest BCUT2D eigenvalue weighted by atomic mass is 16.5. The molecule has 6 unspecified atom stereocenters. The normalized spacial score (nSPS) is 57.1. The Labute approximate surface area is 208 Å². The largest absolute Gasteiger partial charge is 0.393 e. The van der Waals surface area contributed by atoms with Gasteiger partial charge in [0.15, 0.2) is 0 Å². The first-order valence-corrected chi connectivity index (χ1v) is 14.3. The molecule has 0 bridgehead atoms. The molecule has 1 heterocycles. The number of ether oxygens (including phenoxy) is 1. The fraction of sp³-hybridized carbons (Fsp3) is 1.00. The van der Waals surface area contributed by atoms with E-state index in [2.05, 4.69) is 41.5 Å². The highest BCUT2D eigenvalue weighted by Gasteiger charge is 2.71. The van der Waals surface area contributed by atoms with Crippen LogP contribution in [-0.2, 0) is 4.74 Å². The lowest BCUT2D eigenvalue weighted by molar-refractivity contribution is -0.248. The van der Waals surface area contributed by atoms with Gasteiger partial charge in [0, 0.05) is 0 Å². The van der Waals surface area contributed by atoms with E-state index >= 15 is 0 Å². The maximum absolute atomic E-state index is 11.9. The van der Waals surface area contributed by atoms with Gasteiger partial charge in [0.05, 0.1) is 29.5 Å². The smallest absolute Gasteiger partial charge is 0.0865 e. The van der Waals surface area contributed by atoms with Crippen molar-refractivity contribution < 1.29 is 20.1 Å². The number of hydrogen-bond donors (Lipinski definition) is 3. The van der Waals surface area contributed by atoms with E-state index in [1.165, 1.54) is 12.8 Å². The molecule has 0 radical (unpaired) electrons. The zero-order chi connectivity index (χ0) is 25.1. The highest BCUT2D eigenvalue weighted by molar-refractivity contribution is 5.20. The standard InChI is InChI=1S/C30H52O4/c1-25(2)20-10-15-28(6)21(27(20,5)13-11-22(25)32)17-19(31)24-18(9-14-29(24,28)7)30(8)16-12-23(34-30)26(3,4)33/h18-24,31-33H,9-17H2,1-8H3/t18?,19-,20+,21?,22?,23+,24?,27?,28?,29-,30+/m1/s1. The first kappa shape index (κ1) is 25.5. The summed E-state index contributed by atoms with van der Waals surface area (Å²) in [5, 5.41) is 33.4. The minimum Gasteiger partial charge on any atom is -0.393 e. The molecule has 1 saturated heterocycles. The number of hydrogen-bond acceptors (Lipinski definition) is 4. The van der Waals surface area contributed by atoms with Crippen LogP contribution < -0.4 is 0 Å². The minimum atomic E-state index is -0.826. The first-order valence-electron chi connectivity index (χ1n) is 14.3. The van der Waals surface area contributed by atoms with Crippen molar-refractivity contribution in [2.75, 3.05) is 0 Å². The number of aliphatic hydroxyl groups is 3. The summed E-state index contributed by atoms with van der Waals surface area (Å²) in [7, 11) is 0. The predicted molar refractivity (Wildman–Crippen MR) is 135 cm³/mol. The maximum Gasteiger partial charge on any atom is 0.0865 e. The molecule has 0 amide bonds. The van der Waals surface area contributed by atoms with Crippen molar-refractivity contribution in [1.82, 2.24) is 0 Å². The second-order valence-electron chi connectivity index (χ2n) is 15.4. The second kappa shape index (κ2) is 7.45. The average molecular weight is 477 g/mol. The van der Waals surface area contributed by atoms with Gasteiger partial charge in [0.2, 0.25) is 0 Å². The number of fused-ring (bicyclic) bond motifs is 5. The van der Waals surface area contributed by atoms with Gasteiger partial charge in [-0.15, -0.1) is 0 Å². The molecule has 0 aromatic carbocycles. The van der Waals surface area contributed by atoms with Crippen LogP contribution in [0.3, 0.4) is 0 Å². The third-order valence-electron chi connectivity index (χ3n) is 13.3. The van der Waals surface area contributed by atoms with Gasteiger partial charge >= 0.3 is 0 Å². The van der Waals surface area contributed by atoms with E-state index in [0.29, 0.717) is 17.8 Å². The van der Waals surface area contributed by atoms with Crippen molar-refractivity contribution in [2.45, 2.75) is 143 Å². The maximum atomic E-state index is 11.9. The van der Waals surface area contributed by atoms with Crippen molar-refractivity contribution in [3.05, 3.63) is 0 Å². The summed E-state index contributed by atoms with van der Waals surface area (Å²) in [6.07, 6.45) is 8.72. The Morgan fingerprint density at radius 2 is 1.41 bits per heavy atom. The highest BCUT2D eigenvalue weighted by Crippen LogP contribution is 2.76. The van der Waals surface area contributed by atoms with Gasteiger partial charge in [-0.3, -0.25) is 0 Å². The Morgan fingerprint density at radius 1 is 0.765 bits per heavy atom. The van der Waals surface area contributed by atoms with Crippen LogP contribution in [0.15, 0.2) is 0 Å². The van der Waals surface area contributed by atoms with Crippen molar-refractivity contribution in [3.8, 4) is 0 Å². The van der Waals surface area contributed by atoms with Crippen LogP contribution in [0.25, 0.3) is 0 Å². The lowest BCUT2D eigenvalue weighted by atomic mass is 9.35. The summed E-state index contributed by atoms with van der Waals surface area (Å²) in [6, 6.07) is 0. The van der Waals surface area contributed by atoms with Gasteiger partial charge in [-0.1, -0.05) is 34.6 Å². The molecule has 4 aliphatic carbocycles. The van der Waals surface area contributed by atoms with Gasteiger partial charge in [-0.25, -0.2) is 0 Å². The Hall–Kier alpha value is -0.160. The Bertz CT molecular complexity index is 817. The zero-order valence-electron chi connectivity index (χ0n) is 23.2. The first-order chi connectivity index (χ1) is 15.5. The summed E-state index contributed by atoms with van der Waals surface area (Å²) in [4.78, 5) is 0. The summed E-state index contributed by atoms with van der Waals surface area (Å²) in [5.74, 6) is 1.59. The predicted octanol–water partition coefficient (Wildman–Crippen LogP) is 5.71. The molecule has 4 heteroatoms. The molecule has 34 heavy (non-hydrogen) atoms. The molecular weight excluding hydrogens is 424 g/mol. The molecule has 1 aliphatic heterocycles. The lowest BCUT2D eigenvalue weighted by Crippen LogP contribution is -2.66. The summed E-state index contributed by atoms with van der Waals surface area (Å²) < 4.78 is 6.66. The van der Waals surface area contributed by atoms with Crippen LogP contribution >= 0.6 is 0 Å². The van der Waals surface area contributed by atoms with Crippen molar-refractivity contribution >= 4 is 0 Å². The molecule has 4 saturated carbocycles. The fourth-order valence-corrected chi connectivity index (χ4v) is 11.1. The van der Waals surface area contributed by atoms with Gasteiger partial charge < -0.3 is 20.1 Å².